The fraction of sp³-hybridized carbons (Fsp3) is 0.727. The average Bonchev–Trinajstić information content (AvgIpc) is 2.71. The molecule has 0 atom stereocenters. The van der Waals surface area contributed by atoms with Crippen molar-refractivity contribution in [2.24, 2.45) is 0 Å². The van der Waals surface area contributed by atoms with E-state index in [-0.39, 0.29) is 0 Å². The Kier molecular flexibility index (Phi) is 5.61. The molecule has 18 heavy (non-hydrogen) atoms. The number of hydrogen-bond acceptors (Lipinski definition) is 3. The van der Waals surface area contributed by atoms with Crippen molar-refractivity contribution < 1.29 is 13.2 Å². The third-order valence-corrected chi connectivity index (χ3v) is 2.44. The number of nitrogens with zero attached hydrogens (tertiary/aromatic N) is 3. The zero-order chi connectivity index (χ0) is 13.6. The Labute approximate surface area is 105 Å². The van der Waals surface area contributed by atoms with E-state index in [1.165, 1.54) is 4.68 Å². The van der Waals surface area contributed by atoms with Crippen LogP contribution in [0.4, 0.5) is 13.2 Å². The Morgan fingerprint density at radius 2 is 2.06 bits per heavy atom. The van der Waals surface area contributed by atoms with Gasteiger partial charge in [0.15, 0.2) is 0 Å². The smallest absolute Gasteiger partial charge is 0.315 e. The SMILES string of the molecule is CN(C)CCCNCCn1cc(C(F)(F)F)cn1. The Bertz CT molecular complexity index is 346. The monoisotopic (exact) mass is 264 g/mol. The summed E-state index contributed by atoms with van der Waals surface area (Å²) in [5, 5.41) is 6.85. The number of nitrogens with one attached hydrogen (secondary N) is 1. The lowest BCUT2D eigenvalue weighted by Crippen LogP contribution is -2.24. The molecule has 104 valence electrons. The van der Waals surface area contributed by atoms with Gasteiger partial charge >= 0.3 is 6.18 Å². The molecule has 0 aliphatic rings. The van der Waals surface area contributed by atoms with Crippen LogP contribution in [0.25, 0.3) is 0 Å². The summed E-state index contributed by atoms with van der Waals surface area (Å²) < 4.78 is 38.2. The third-order valence-electron chi connectivity index (χ3n) is 2.44. The maximum absolute atomic E-state index is 12.3. The normalized spacial score (nSPS) is 12.3. The van der Waals surface area contributed by atoms with Crippen molar-refractivity contribution in [1.29, 1.82) is 0 Å². The fourth-order valence-corrected chi connectivity index (χ4v) is 1.47. The van der Waals surface area contributed by atoms with E-state index in [1.807, 2.05) is 14.1 Å². The number of hydrogen-bond donors (Lipinski definition) is 1. The Morgan fingerprint density at radius 1 is 1.33 bits per heavy atom. The molecule has 0 aromatic carbocycles. The summed E-state index contributed by atoms with van der Waals surface area (Å²) >= 11 is 0. The predicted molar refractivity (Wildman–Crippen MR) is 63.3 cm³/mol. The summed E-state index contributed by atoms with van der Waals surface area (Å²) in [6.07, 6.45) is -1.41. The maximum Gasteiger partial charge on any atom is 0.419 e. The molecule has 0 unspecified atom stereocenters. The van der Waals surface area contributed by atoms with E-state index in [4.69, 9.17) is 0 Å². The summed E-state index contributed by atoms with van der Waals surface area (Å²) in [6, 6.07) is 0. The highest BCUT2D eigenvalue weighted by Gasteiger charge is 2.31. The zero-order valence-corrected chi connectivity index (χ0v) is 10.7. The van der Waals surface area contributed by atoms with E-state index >= 15 is 0 Å². The summed E-state index contributed by atoms with van der Waals surface area (Å²) in [6.45, 7) is 2.91. The number of halogens is 3. The molecule has 0 aliphatic carbocycles. The molecule has 1 aromatic heterocycles. The molecular formula is C11H19F3N4. The summed E-state index contributed by atoms with van der Waals surface area (Å²) in [5.74, 6) is 0. The first kappa shape index (κ1) is 15.0. The van der Waals surface area contributed by atoms with Gasteiger partial charge in [0.25, 0.3) is 0 Å². The van der Waals surface area contributed by atoms with Crippen molar-refractivity contribution in [2.45, 2.75) is 19.1 Å². The molecule has 4 nitrogen and oxygen atoms in total. The fourth-order valence-electron chi connectivity index (χ4n) is 1.47. The maximum atomic E-state index is 12.3. The lowest BCUT2D eigenvalue weighted by atomic mass is 10.3. The second-order valence-corrected chi connectivity index (χ2v) is 4.40. The molecule has 0 saturated heterocycles. The average molecular weight is 264 g/mol. The first-order valence-electron chi connectivity index (χ1n) is 5.84. The van der Waals surface area contributed by atoms with Gasteiger partial charge in [0.2, 0.25) is 0 Å². The van der Waals surface area contributed by atoms with Crippen molar-refractivity contribution in [2.75, 3.05) is 33.7 Å². The largest absolute Gasteiger partial charge is 0.419 e. The van der Waals surface area contributed by atoms with Gasteiger partial charge in [0.05, 0.1) is 18.3 Å². The number of rotatable bonds is 7. The summed E-state index contributed by atoms with van der Waals surface area (Å²) in [5.41, 5.74) is -0.699. The van der Waals surface area contributed by atoms with Gasteiger partial charge in [-0.1, -0.05) is 0 Å². The van der Waals surface area contributed by atoms with Crippen molar-refractivity contribution in [1.82, 2.24) is 20.0 Å². The molecule has 0 fully saturated rings. The highest BCUT2D eigenvalue weighted by Crippen LogP contribution is 2.28. The van der Waals surface area contributed by atoms with Gasteiger partial charge in [-0.15, -0.1) is 0 Å². The molecule has 0 spiro atoms. The van der Waals surface area contributed by atoms with Gasteiger partial charge in [-0.05, 0) is 33.6 Å². The second kappa shape index (κ2) is 6.75. The van der Waals surface area contributed by atoms with Crippen LogP contribution in [-0.2, 0) is 12.7 Å². The van der Waals surface area contributed by atoms with Crippen LogP contribution in [0.2, 0.25) is 0 Å². The summed E-state index contributed by atoms with van der Waals surface area (Å²) in [4.78, 5) is 2.09. The molecular weight excluding hydrogens is 245 g/mol. The van der Waals surface area contributed by atoms with Crippen LogP contribution in [-0.4, -0.2) is 48.4 Å². The molecule has 7 heteroatoms. The van der Waals surface area contributed by atoms with Crippen LogP contribution >= 0.6 is 0 Å². The second-order valence-electron chi connectivity index (χ2n) is 4.40. The molecule has 1 aromatic rings. The molecule has 0 bridgehead atoms. The van der Waals surface area contributed by atoms with Crippen LogP contribution in [0, 0.1) is 0 Å². The van der Waals surface area contributed by atoms with Crippen LogP contribution in [0.15, 0.2) is 12.4 Å². The Balaban J connectivity index is 2.18. The minimum atomic E-state index is -4.31. The Morgan fingerprint density at radius 3 is 2.61 bits per heavy atom. The minimum Gasteiger partial charge on any atom is -0.315 e. The van der Waals surface area contributed by atoms with E-state index in [9.17, 15) is 13.2 Å². The quantitative estimate of drug-likeness (QED) is 0.757. The number of aromatic nitrogens is 2. The van der Waals surface area contributed by atoms with Crippen LogP contribution in [0.3, 0.4) is 0 Å². The van der Waals surface area contributed by atoms with E-state index in [2.05, 4.69) is 15.3 Å². The molecule has 1 heterocycles. The van der Waals surface area contributed by atoms with E-state index < -0.39 is 11.7 Å². The highest BCUT2D eigenvalue weighted by molar-refractivity contribution is 5.08. The van der Waals surface area contributed by atoms with Gasteiger partial charge in [-0.25, -0.2) is 0 Å². The third kappa shape index (κ3) is 5.50. The Hall–Kier alpha value is -1.08. The van der Waals surface area contributed by atoms with Crippen molar-refractivity contribution in [3.05, 3.63) is 18.0 Å². The molecule has 0 saturated carbocycles. The van der Waals surface area contributed by atoms with Crippen molar-refractivity contribution in [3.63, 3.8) is 0 Å². The van der Waals surface area contributed by atoms with E-state index in [0.717, 1.165) is 31.9 Å². The van der Waals surface area contributed by atoms with Crippen molar-refractivity contribution in [3.8, 4) is 0 Å². The van der Waals surface area contributed by atoms with Crippen LogP contribution in [0.5, 0.6) is 0 Å². The topological polar surface area (TPSA) is 33.1 Å². The van der Waals surface area contributed by atoms with Crippen LogP contribution in [0.1, 0.15) is 12.0 Å². The lowest BCUT2D eigenvalue weighted by molar-refractivity contribution is -0.137. The standard InChI is InChI=1S/C11H19F3N4/c1-17(2)6-3-4-15-5-7-18-9-10(8-16-18)11(12,13)14/h8-9,15H,3-7H2,1-2H3. The molecule has 0 amide bonds. The molecule has 1 N–H and O–H groups in total. The highest BCUT2D eigenvalue weighted by atomic mass is 19.4. The molecule has 0 aliphatic heterocycles. The first-order chi connectivity index (χ1) is 8.39. The van der Waals surface area contributed by atoms with Gasteiger partial charge in [-0.2, -0.15) is 18.3 Å². The zero-order valence-electron chi connectivity index (χ0n) is 10.7. The molecule has 1 rings (SSSR count). The van der Waals surface area contributed by atoms with Gasteiger partial charge in [0, 0.05) is 12.7 Å². The van der Waals surface area contributed by atoms with E-state index in [1.54, 1.807) is 0 Å². The minimum absolute atomic E-state index is 0.443. The van der Waals surface area contributed by atoms with E-state index in [0.29, 0.717) is 13.1 Å². The molecule has 0 radical (unpaired) electrons. The summed E-state index contributed by atoms with van der Waals surface area (Å²) in [7, 11) is 4.00. The van der Waals surface area contributed by atoms with Crippen LogP contribution < -0.4 is 5.32 Å². The van der Waals surface area contributed by atoms with Gasteiger partial charge < -0.3 is 10.2 Å². The predicted octanol–water partition coefficient (Wildman–Crippen LogP) is 1.44. The lowest BCUT2D eigenvalue weighted by Gasteiger charge is -2.09. The number of alkyl halides is 3. The van der Waals surface area contributed by atoms with Gasteiger partial charge in [0.1, 0.15) is 0 Å². The first-order valence-corrected chi connectivity index (χ1v) is 5.84. The van der Waals surface area contributed by atoms with Gasteiger partial charge in [-0.3, -0.25) is 4.68 Å². The van der Waals surface area contributed by atoms with Crippen molar-refractivity contribution >= 4 is 0 Å².